The Bertz CT molecular complexity index is 2340. The van der Waals surface area contributed by atoms with Gasteiger partial charge in [0, 0.05) is 29.6 Å². The van der Waals surface area contributed by atoms with E-state index >= 15 is 0 Å². The topological polar surface area (TPSA) is 30.2 Å². The molecule has 3 nitrogen and oxygen atoms in total. The van der Waals surface area contributed by atoms with Gasteiger partial charge in [-0.05, 0) is 77.8 Å². The third kappa shape index (κ3) is 3.11. The zero-order valence-corrected chi connectivity index (χ0v) is 23.5. The number of fused-ring (bicyclic) bond motifs is 11. The molecule has 6 aromatic carbocycles. The lowest BCUT2D eigenvalue weighted by Crippen LogP contribution is -2.16. The normalized spacial score (nSPS) is 13.7. The second kappa shape index (κ2) is 8.37. The summed E-state index contributed by atoms with van der Waals surface area (Å²) in [5.74, 6) is 0.711. The summed E-state index contributed by atoms with van der Waals surface area (Å²) in [4.78, 5) is 9.11. The van der Waals surface area contributed by atoms with Crippen LogP contribution in [0.1, 0.15) is 25.0 Å². The first-order valence-electron chi connectivity index (χ1n) is 14.5. The van der Waals surface area contributed by atoms with Crippen molar-refractivity contribution >= 4 is 38.1 Å². The average molecular weight is 538 g/mol. The van der Waals surface area contributed by atoms with Gasteiger partial charge in [0.25, 0.3) is 0 Å². The molecule has 0 unspecified atom stereocenters. The predicted molar refractivity (Wildman–Crippen MR) is 174 cm³/mol. The molecule has 0 atom stereocenters. The number of aromatic nitrogens is 3. The van der Waals surface area contributed by atoms with Crippen LogP contribution < -0.4 is 0 Å². The first-order valence-corrected chi connectivity index (χ1v) is 14.5. The smallest absolute Gasteiger partial charge is 0.234 e. The Hall–Kier alpha value is -5.28. The summed E-state index contributed by atoms with van der Waals surface area (Å²) >= 11 is 0. The summed E-state index contributed by atoms with van der Waals surface area (Å²) in [6, 6.07) is 40.0. The number of hydrogen-bond donors (Lipinski definition) is 0. The highest BCUT2D eigenvalue weighted by atomic mass is 15.1. The molecule has 1 aliphatic carbocycles. The van der Waals surface area contributed by atoms with Gasteiger partial charge in [-0.2, -0.15) is 0 Å². The molecule has 8 aromatic rings. The van der Waals surface area contributed by atoms with Crippen molar-refractivity contribution in [1.29, 1.82) is 0 Å². The van der Waals surface area contributed by atoms with E-state index in [0.29, 0.717) is 5.78 Å². The number of nitrogens with zero attached hydrogens (tertiary/aromatic N) is 3. The van der Waals surface area contributed by atoms with Crippen LogP contribution in [0.5, 0.6) is 0 Å². The quantitative estimate of drug-likeness (QED) is 0.205. The van der Waals surface area contributed by atoms with Crippen LogP contribution >= 0.6 is 0 Å². The van der Waals surface area contributed by atoms with E-state index in [1.54, 1.807) is 6.20 Å². The maximum absolute atomic E-state index is 4.73. The van der Waals surface area contributed by atoms with Gasteiger partial charge in [0.15, 0.2) is 0 Å². The lowest BCUT2D eigenvalue weighted by atomic mass is 9.78. The van der Waals surface area contributed by atoms with Gasteiger partial charge in [0.1, 0.15) is 0 Å². The minimum atomic E-state index is -0.156. The molecule has 42 heavy (non-hydrogen) atoms. The number of hydrogen-bond acceptors (Lipinski definition) is 2. The maximum Gasteiger partial charge on any atom is 0.234 e. The Balaban J connectivity index is 1.30. The highest BCUT2D eigenvalue weighted by molar-refractivity contribution is 6.22. The Morgan fingerprint density at radius 3 is 1.90 bits per heavy atom. The molecule has 9 rings (SSSR count). The van der Waals surface area contributed by atoms with Crippen molar-refractivity contribution in [1.82, 2.24) is 14.4 Å². The number of rotatable bonds is 2. The van der Waals surface area contributed by atoms with Crippen LogP contribution in [0.3, 0.4) is 0 Å². The molecule has 0 aliphatic heterocycles. The SMILES string of the molecule is CC1(C)c2cc(-c3ccc(-c4cn5cccnc5n4)cc3)c3ccccc3c2-c2c1c1ccccc1c1ccccc21. The van der Waals surface area contributed by atoms with Gasteiger partial charge >= 0.3 is 0 Å². The molecular formula is C39H27N3. The first kappa shape index (κ1) is 23.4. The fourth-order valence-corrected chi connectivity index (χ4v) is 7.35. The standard InChI is InChI=1S/C39H27N3/c1-39(2)33-22-32(24-16-18-25(19-17-24)34-23-42-21-9-20-40-38(42)41-34)28-12-4-6-13-29(28)35(33)36-30-14-7-3-10-26(30)27-11-5-8-15-31(27)37(36)39/h3-23H,1-2H3. The highest BCUT2D eigenvalue weighted by Crippen LogP contribution is 2.57. The summed E-state index contributed by atoms with van der Waals surface area (Å²) in [6.45, 7) is 4.80. The van der Waals surface area contributed by atoms with Gasteiger partial charge < -0.3 is 0 Å². The second-order valence-corrected chi connectivity index (χ2v) is 11.9. The fourth-order valence-electron chi connectivity index (χ4n) is 7.35. The largest absolute Gasteiger partial charge is 0.291 e. The molecule has 3 heteroatoms. The van der Waals surface area contributed by atoms with Crippen LogP contribution in [0, 0.1) is 0 Å². The van der Waals surface area contributed by atoms with E-state index in [0.717, 1.165) is 11.3 Å². The summed E-state index contributed by atoms with van der Waals surface area (Å²) in [7, 11) is 0. The van der Waals surface area contributed by atoms with Crippen molar-refractivity contribution in [3.8, 4) is 33.5 Å². The molecule has 198 valence electrons. The predicted octanol–water partition coefficient (Wildman–Crippen LogP) is 9.83. The lowest BCUT2D eigenvalue weighted by molar-refractivity contribution is 0.667. The van der Waals surface area contributed by atoms with Gasteiger partial charge in [-0.3, -0.25) is 4.40 Å². The number of imidazole rings is 1. The van der Waals surface area contributed by atoms with Gasteiger partial charge in [-0.1, -0.05) is 111 Å². The van der Waals surface area contributed by atoms with E-state index in [1.807, 2.05) is 22.9 Å². The van der Waals surface area contributed by atoms with E-state index in [2.05, 4.69) is 122 Å². The van der Waals surface area contributed by atoms with Crippen LogP contribution in [-0.2, 0) is 5.41 Å². The second-order valence-electron chi connectivity index (χ2n) is 11.9. The molecular weight excluding hydrogens is 510 g/mol. The van der Waals surface area contributed by atoms with E-state index in [-0.39, 0.29) is 5.41 Å². The van der Waals surface area contributed by atoms with Gasteiger partial charge in [-0.25, -0.2) is 9.97 Å². The maximum atomic E-state index is 4.73. The van der Waals surface area contributed by atoms with Crippen LogP contribution in [0.25, 0.3) is 71.6 Å². The summed E-state index contributed by atoms with van der Waals surface area (Å²) in [5.41, 5.74) is 9.93. The third-order valence-electron chi connectivity index (χ3n) is 9.25. The Labute approximate surface area is 243 Å². The Morgan fingerprint density at radius 1 is 0.595 bits per heavy atom. The van der Waals surface area contributed by atoms with E-state index in [9.17, 15) is 0 Å². The zero-order valence-electron chi connectivity index (χ0n) is 23.5. The molecule has 2 heterocycles. The van der Waals surface area contributed by atoms with Crippen molar-refractivity contribution in [2.24, 2.45) is 0 Å². The van der Waals surface area contributed by atoms with Crippen LogP contribution in [0.2, 0.25) is 0 Å². The molecule has 1 aliphatic rings. The van der Waals surface area contributed by atoms with Crippen LogP contribution in [0.4, 0.5) is 0 Å². The first-order chi connectivity index (χ1) is 20.6. The molecule has 0 amide bonds. The van der Waals surface area contributed by atoms with Crippen molar-refractivity contribution in [2.75, 3.05) is 0 Å². The fraction of sp³-hybridized carbons (Fsp3) is 0.0769. The summed E-state index contributed by atoms with van der Waals surface area (Å²) < 4.78 is 1.96. The van der Waals surface area contributed by atoms with Crippen molar-refractivity contribution in [2.45, 2.75) is 19.3 Å². The Morgan fingerprint density at radius 2 is 1.19 bits per heavy atom. The molecule has 2 aromatic heterocycles. The van der Waals surface area contributed by atoms with Crippen LogP contribution in [0.15, 0.2) is 128 Å². The zero-order chi connectivity index (χ0) is 28.0. The van der Waals surface area contributed by atoms with E-state index in [4.69, 9.17) is 4.98 Å². The molecule has 0 saturated heterocycles. The van der Waals surface area contributed by atoms with Crippen LogP contribution in [-0.4, -0.2) is 14.4 Å². The molecule has 0 spiro atoms. The highest BCUT2D eigenvalue weighted by Gasteiger charge is 2.40. The average Bonchev–Trinajstić information content (AvgIpc) is 3.58. The molecule has 0 N–H and O–H groups in total. The monoisotopic (exact) mass is 537 g/mol. The Kier molecular flexibility index (Phi) is 4.67. The molecule has 0 bridgehead atoms. The van der Waals surface area contributed by atoms with Crippen molar-refractivity contribution < 1.29 is 0 Å². The lowest BCUT2D eigenvalue weighted by Gasteiger charge is -2.24. The summed E-state index contributed by atoms with van der Waals surface area (Å²) in [5, 5.41) is 7.93. The molecule has 0 saturated carbocycles. The third-order valence-corrected chi connectivity index (χ3v) is 9.25. The van der Waals surface area contributed by atoms with E-state index < -0.39 is 0 Å². The minimum absolute atomic E-state index is 0.156. The van der Waals surface area contributed by atoms with E-state index in [1.165, 1.54) is 65.7 Å². The summed E-state index contributed by atoms with van der Waals surface area (Å²) in [6.07, 6.45) is 5.80. The van der Waals surface area contributed by atoms with Gasteiger partial charge in [0.05, 0.1) is 5.69 Å². The van der Waals surface area contributed by atoms with Gasteiger partial charge in [-0.15, -0.1) is 0 Å². The molecule has 0 fully saturated rings. The van der Waals surface area contributed by atoms with Crippen molar-refractivity contribution in [3.63, 3.8) is 0 Å². The van der Waals surface area contributed by atoms with Gasteiger partial charge in [0.2, 0.25) is 5.78 Å². The minimum Gasteiger partial charge on any atom is -0.291 e. The van der Waals surface area contributed by atoms with Crippen molar-refractivity contribution in [3.05, 3.63) is 139 Å². The molecule has 0 radical (unpaired) electrons. The number of benzene rings is 6.